The predicted molar refractivity (Wildman–Crippen MR) is 118 cm³/mol. The van der Waals surface area contributed by atoms with Crippen molar-refractivity contribution in [2.45, 2.75) is 50.3 Å². The van der Waals surface area contributed by atoms with Crippen LogP contribution in [-0.4, -0.2) is 39.8 Å². The molecule has 1 saturated heterocycles. The van der Waals surface area contributed by atoms with Gasteiger partial charge in [0.2, 0.25) is 0 Å². The van der Waals surface area contributed by atoms with Crippen LogP contribution in [0.15, 0.2) is 41.7 Å². The molecule has 7 nitrogen and oxygen atoms in total. The van der Waals surface area contributed by atoms with Gasteiger partial charge in [0, 0.05) is 22.8 Å². The van der Waals surface area contributed by atoms with Crippen LogP contribution in [0, 0.1) is 12.8 Å². The van der Waals surface area contributed by atoms with Crippen molar-refractivity contribution in [3.63, 3.8) is 0 Å². The van der Waals surface area contributed by atoms with Crippen LogP contribution >= 0.6 is 0 Å². The minimum absolute atomic E-state index is 0. The molecular formula is C23H28N3NaO4S. The number of benzene rings is 1. The predicted octanol–water partition coefficient (Wildman–Crippen LogP) is 0.765. The van der Waals surface area contributed by atoms with E-state index in [2.05, 4.69) is 28.8 Å². The Bertz CT molecular complexity index is 1030. The maximum absolute atomic E-state index is 12.8. The number of aromatic nitrogens is 3. The molecule has 1 fully saturated rings. The molecule has 1 aromatic carbocycles. The number of fused-ring (bicyclic) bond motifs is 1. The van der Waals surface area contributed by atoms with Crippen LogP contribution in [0.1, 0.15) is 37.9 Å². The van der Waals surface area contributed by atoms with Gasteiger partial charge in [0.1, 0.15) is 5.75 Å². The third-order valence-electron chi connectivity index (χ3n) is 5.76. The van der Waals surface area contributed by atoms with Gasteiger partial charge in [0.15, 0.2) is 5.79 Å². The number of para-hydroxylation sites is 2. The van der Waals surface area contributed by atoms with Crippen LogP contribution in [0.4, 0.5) is 0 Å². The molecule has 1 unspecified atom stereocenters. The minimum Gasteiger partial charge on any atom is -0.493 e. The van der Waals surface area contributed by atoms with Crippen molar-refractivity contribution in [1.29, 1.82) is 0 Å². The van der Waals surface area contributed by atoms with Crippen LogP contribution in [0.3, 0.4) is 0 Å². The molecule has 1 atom stereocenters. The monoisotopic (exact) mass is 465 g/mol. The molecule has 9 heteroatoms. The Hall–Kier alpha value is -1.29. The summed E-state index contributed by atoms with van der Waals surface area (Å²) in [5.74, 6) is 0.693. The van der Waals surface area contributed by atoms with E-state index in [9.17, 15) is 4.21 Å². The molecule has 1 aliphatic rings. The molecule has 0 N–H and O–H groups in total. The summed E-state index contributed by atoms with van der Waals surface area (Å²) in [6.45, 7) is 7.82. The number of nitrogens with zero attached hydrogens (tertiary/aromatic N) is 3. The number of hydrogen-bond acceptors (Lipinski definition) is 6. The van der Waals surface area contributed by atoms with Crippen molar-refractivity contribution in [3.05, 3.63) is 47.8 Å². The third-order valence-corrected chi connectivity index (χ3v) is 6.89. The average Bonchev–Trinajstić information content (AvgIpc) is 3.25. The minimum atomic E-state index is -1.39. The molecule has 4 rings (SSSR count). The van der Waals surface area contributed by atoms with E-state index in [1.165, 1.54) is 0 Å². The van der Waals surface area contributed by atoms with Gasteiger partial charge in [-0.3, -0.25) is 9.19 Å². The average molecular weight is 466 g/mol. The zero-order valence-electron chi connectivity index (χ0n) is 19.2. The largest absolute Gasteiger partial charge is 1.00 e. The van der Waals surface area contributed by atoms with Crippen molar-refractivity contribution in [2.75, 3.05) is 19.8 Å². The summed E-state index contributed by atoms with van der Waals surface area (Å²) in [7, 11) is -1.39. The van der Waals surface area contributed by atoms with Gasteiger partial charge in [0.05, 0.1) is 42.1 Å². The molecule has 3 aromatic rings. The van der Waals surface area contributed by atoms with Gasteiger partial charge in [-0.2, -0.15) is 0 Å². The topological polar surface area (TPSA) is 84.6 Å². The maximum Gasteiger partial charge on any atom is 1.00 e. The van der Waals surface area contributed by atoms with Crippen LogP contribution in [-0.2, 0) is 26.0 Å². The van der Waals surface area contributed by atoms with Crippen molar-refractivity contribution in [1.82, 2.24) is 15.0 Å². The molecule has 166 valence electrons. The van der Waals surface area contributed by atoms with Crippen LogP contribution in [0.5, 0.6) is 5.75 Å². The first kappa shape index (κ1) is 25.3. The third kappa shape index (κ3) is 5.61. The van der Waals surface area contributed by atoms with Crippen molar-refractivity contribution < 1.29 is 48.0 Å². The fourth-order valence-electron chi connectivity index (χ4n) is 3.63. The summed E-state index contributed by atoms with van der Waals surface area (Å²) < 4.78 is 30.9. The fourth-order valence-corrected chi connectivity index (χ4v) is 4.70. The Morgan fingerprint density at radius 2 is 1.91 bits per heavy atom. The van der Waals surface area contributed by atoms with E-state index in [0.717, 1.165) is 40.9 Å². The summed E-state index contributed by atoms with van der Waals surface area (Å²) >= 11 is 0. The standard InChI is InChI=1S/C23H28N3O4S.Na/c1-4-23(5-2)29-13-17(14-30-23)12-28-21-10-11-24-20(16(21)3)15-31(27)22-25-18-8-6-7-9-19(18)26-22;/h6-11,17H,4-5,12-15H2,1-3H3;/q-1;+1. The van der Waals surface area contributed by atoms with Gasteiger partial charge >= 0.3 is 29.6 Å². The molecule has 3 heterocycles. The molecule has 0 saturated carbocycles. The number of imidazole rings is 1. The summed E-state index contributed by atoms with van der Waals surface area (Å²) in [4.78, 5) is 13.2. The number of pyridine rings is 1. The van der Waals surface area contributed by atoms with E-state index in [1.54, 1.807) is 6.20 Å². The summed E-state index contributed by atoms with van der Waals surface area (Å²) in [6, 6.07) is 9.35. The van der Waals surface area contributed by atoms with Gasteiger partial charge in [-0.1, -0.05) is 38.1 Å². The van der Waals surface area contributed by atoms with E-state index in [0.29, 0.717) is 25.0 Å². The van der Waals surface area contributed by atoms with Gasteiger partial charge < -0.3 is 24.2 Å². The molecule has 1 aliphatic heterocycles. The van der Waals surface area contributed by atoms with E-state index < -0.39 is 16.6 Å². The van der Waals surface area contributed by atoms with Crippen molar-refractivity contribution >= 4 is 21.8 Å². The molecule has 0 amide bonds. The number of hydrogen-bond donors (Lipinski definition) is 0. The van der Waals surface area contributed by atoms with Crippen molar-refractivity contribution in [2.24, 2.45) is 5.92 Å². The summed E-state index contributed by atoms with van der Waals surface area (Å²) in [6.07, 6.45) is 3.36. The Kier molecular flexibility index (Phi) is 8.89. The SMILES string of the molecule is CCC1(CC)OCC(COc2ccnc(CS(=O)c3nc4ccccc4[n-]3)c2C)CO1.[Na+]. The quantitative estimate of drug-likeness (QED) is 0.454. The second-order valence-electron chi connectivity index (χ2n) is 7.78. The molecule has 32 heavy (non-hydrogen) atoms. The van der Waals surface area contributed by atoms with Crippen molar-refractivity contribution in [3.8, 4) is 5.75 Å². The molecule has 0 aliphatic carbocycles. The summed E-state index contributed by atoms with van der Waals surface area (Å²) in [5.41, 5.74) is 3.09. The summed E-state index contributed by atoms with van der Waals surface area (Å²) in [5, 5.41) is 0.334. The second-order valence-corrected chi connectivity index (χ2v) is 9.13. The van der Waals surface area contributed by atoms with Crippen LogP contribution in [0.2, 0.25) is 0 Å². The van der Waals surface area contributed by atoms with E-state index >= 15 is 0 Å². The Morgan fingerprint density at radius 3 is 2.59 bits per heavy atom. The Balaban J connectivity index is 0.00000289. The number of ether oxygens (including phenoxy) is 3. The molecule has 2 aromatic heterocycles. The molecule has 0 spiro atoms. The molecular weight excluding hydrogens is 437 g/mol. The van der Waals surface area contributed by atoms with Gasteiger partial charge in [0.25, 0.3) is 0 Å². The fraction of sp³-hybridized carbons (Fsp3) is 0.478. The second kappa shape index (κ2) is 11.2. The number of rotatable bonds is 8. The smallest absolute Gasteiger partial charge is 0.493 e. The molecule has 0 bridgehead atoms. The van der Waals surface area contributed by atoms with E-state index in [4.69, 9.17) is 14.2 Å². The van der Waals surface area contributed by atoms with Gasteiger partial charge in [-0.05, 0) is 36.9 Å². The Labute approximate surface area is 213 Å². The zero-order chi connectivity index (χ0) is 21.8. The molecule has 0 radical (unpaired) electrons. The first-order valence-electron chi connectivity index (χ1n) is 10.7. The first-order chi connectivity index (χ1) is 15.0. The Morgan fingerprint density at radius 1 is 1.19 bits per heavy atom. The van der Waals surface area contributed by atoms with Gasteiger partial charge in [-0.25, -0.2) is 0 Å². The zero-order valence-corrected chi connectivity index (χ0v) is 22.0. The van der Waals surface area contributed by atoms with E-state index in [1.807, 2.05) is 37.3 Å². The van der Waals surface area contributed by atoms with Crippen LogP contribution in [0.25, 0.3) is 11.0 Å². The first-order valence-corrected chi connectivity index (χ1v) is 12.0. The maximum atomic E-state index is 12.8. The van der Waals surface area contributed by atoms with Crippen LogP contribution < -0.4 is 39.3 Å². The van der Waals surface area contributed by atoms with E-state index in [-0.39, 0.29) is 41.2 Å². The normalized spacial score (nSPS) is 17.1. The van der Waals surface area contributed by atoms with Gasteiger partial charge in [-0.15, -0.1) is 0 Å².